The molecule has 2 aliphatic heterocycles. The molecule has 57 heavy (non-hydrogen) atoms. The Morgan fingerprint density at radius 2 is 1.35 bits per heavy atom. The molecule has 3 fully saturated rings. The molecule has 1 spiro atoms. The highest BCUT2D eigenvalue weighted by Gasteiger charge is 2.92. The van der Waals surface area contributed by atoms with Crippen LogP contribution in [0.5, 0.6) is 0 Å². The first-order valence-corrected chi connectivity index (χ1v) is 18.3. The summed E-state index contributed by atoms with van der Waals surface area (Å²) in [7, 11) is 0. The molecule has 19 nitrogen and oxygen atoms in total. The van der Waals surface area contributed by atoms with Crippen LogP contribution in [0.2, 0.25) is 0 Å². The van der Waals surface area contributed by atoms with E-state index in [-0.39, 0.29) is 24.1 Å². The largest absolute Gasteiger partial charge is 0.465 e. The highest BCUT2D eigenvalue weighted by molar-refractivity contribution is 5.90. The Hall–Kier alpha value is -5.17. The van der Waals surface area contributed by atoms with Crippen molar-refractivity contribution in [1.82, 2.24) is 4.98 Å². The first-order valence-electron chi connectivity index (χ1n) is 18.3. The molecule has 2 aliphatic carbocycles. The summed E-state index contributed by atoms with van der Waals surface area (Å²) < 4.78 is 54.2. The lowest BCUT2D eigenvalue weighted by Crippen LogP contribution is -2.89. The second-order valence-electron chi connectivity index (χ2n) is 15.3. The Morgan fingerprint density at radius 3 is 1.91 bits per heavy atom. The summed E-state index contributed by atoms with van der Waals surface area (Å²) in [5.41, 5.74) is -9.87. The fourth-order valence-corrected chi connectivity index (χ4v) is 9.16. The number of aromatic nitrogens is 1. The van der Waals surface area contributed by atoms with Gasteiger partial charge in [0.2, 0.25) is 0 Å². The van der Waals surface area contributed by atoms with Gasteiger partial charge in [0.25, 0.3) is 0 Å². The third kappa shape index (κ3) is 7.30. The van der Waals surface area contributed by atoms with E-state index in [1.165, 1.54) is 32.2 Å². The molecule has 2 saturated carbocycles. The van der Waals surface area contributed by atoms with Gasteiger partial charge in [0.15, 0.2) is 30.0 Å². The molecule has 4 bridgehead atoms. The lowest BCUT2D eigenvalue weighted by Gasteiger charge is -2.67. The van der Waals surface area contributed by atoms with Crippen LogP contribution in [0.3, 0.4) is 0 Å². The van der Waals surface area contributed by atoms with Crippen LogP contribution < -0.4 is 0 Å². The van der Waals surface area contributed by atoms with Crippen molar-refractivity contribution in [2.45, 2.75) is 129 Å². The van der Waals surface area contributed by atoms with Crippen LogP contribution in [-0.2, 0) is 82.6 Å². The molecule has 0 unspecified atom stereocenters. The summed E-state index contributed by atoms with van der Waals surface area (Å²) in [6.07, 6.45) is -10.3. The van der Waals surface area contributed by atoms with Gasteiger partial charge in [-0.05, 0) is 38.8 Å². The number of fused-ring (bicyclic) bond motifs is 5. The fourth-order valence-electron chi connectivity index (χ4n) is 9.16. The molecule has 1 saturated heterocycles. The summed E-state index contributed by atoms with van der Waals surface area (Å²) in [5, 5.41) is 13.4. The minimum Gasteiger partial charge on any atom is -0.465 e. The van der Waals surface area contributed by atoms with Crippen LogP contribution in [0, 0.1) is 17.3 Å². The number of rotatable bonds is 7. The lowest BCUT2D eigenvalue weighted by atomic mass is 9.45. The van der Waals surface area contributed by atoms with Gasteiger partial charge in [-0.2, -0.15) is 0 Å². The molecule has 1 aromatic rings. The van der Waals surface area contributed by atoms with Crippen molar-refractivity contribution in [3.63, 3.8) is 0 Å². The number of nitrogens with zero attached hydrogens (tertiary/aromatic N) is 1. The first kappa shape index (κ1) is 43.0. The average molecular weight is 806 g/mol. The molecule has 0 amide bonds. The van der Waals surface area contributed by atoms with Crippen LogP contribution >= 0.6 is 0 Å². The maximum absolute atomic E-state index is 14.1. The molecule has 4 aliphatic rings. The Bertz CT molecular complexity index is 1840. The third-order valence-electron chi connectivity index (χ3n) is 11.1. The van der Waals surface area contributed by atoms with E-state index in [9.17, 15) is 43.5 Å². The minimum atomic E-state index is -2.80. The summed E-state index contributed by atoms with van der Waals surface area (Å²) in [4.78, 5) is 111. The standard InChI is InChI=1S/C38H47NO18/c1-17-12-13-25-24(11-10-14-39-25)34(47)50-15-35(8)26-27(51-19(3)41)31(54-22(6)44)37(16-49-18(2)40)32(55-23(7)45)28(52-20(4)42)30(56-33(17)46)36(9,48)38(37,57-35)29(26)53-21(5)43/h10-11,14,17,26-32,48H,12-13,15-16H2,1-9H3/t17-,26+,27+,28-,29+,30+,31-,32+,35+,36-,37+,38+/m0/s1. The van der Waals surface area contributed by atoms with Gasteiger partial charge < -0.3 is 47.7 Å². The van der Waals surface area contributed by atoms with E-state index in [0.717, 1.165) is 48.5 Å². The smallest absolute Gasteiger partial charge is 0.340 e. The maximum atomic E-state index is 14.1. The van der Waals surface area contributed by atoms with Crippen LogP contribution in [-0.4, -0.2) is 124 Å². The zero-order chi connectivity index (χ0) is 42.4. The minimum absolute atomic E-state index is 0.0290. The van der Waals surface area contributed by atoms with E-state index in [2.05, 4.69) is 4.98 Å². The normalized spacial score (nSPS) is 37.1. The summed E-state index contributed by atoms with van der Waals surface area (Å²) in [5.74, 6) is -10.5. The van der Waals surface area contributed by atoms with Crippen molar-refractivity contribution in [2.24, 2.45) is 17.3 Å². The first-order chi connectivity index (χ1) is 26.5. The number of aryl methyl sites for hydroxylation is 1. The molecule has 3 heterocycles. The van der Waals surface area contributed by atoms with Crippen molar-refractivity contribution in [3.05, 3.63) is 29.6 Å². The van der Waals surface area contributed by atoms with Crippen molar-refractivity contribution in [3.8, 4) is 0 Å². The van der Waals surface area contributed by atoms with E-state index in [0.29, 0.717) is 0 Å². The predicted octanol–water partition coefficient (Wildman–Crippen LogP) is 0.863. The van der Waals surface area contributed by atoms with Gasteiger partial charge in [-0.15, -0.1) is 0 Å². The number of esters is 8. The van der Waals surface area contributed by atoms with Crippen LogP contribution in [0.1, 0.15) is 84.8 Å². The van der Waals surface area contributed by atoms with Gasteiger partial charge >= 0.3 is 47.8 Å². The van der Waals surface area contributed by atoms with Gasteiger partial charge in [-0.3, -0.25) is 38.5 Å². The molecular formula is C38H47NO18. The van der Waals surface area contributed by atoms with E-state index < -0.39 is 132 Å². The second-order valence-corrected chi connectivity index (χ2v) is 15.3. The average Bonchev–Trinajstić information content (AvgIpc) is 3.32. The molecule has 12 atom stereocenters. The zero-order valence-electron chi connectivity index (χ0n) is 33.0. The van der Waals surface area contributed by atoms with Gasteiger partial charge in [-0.1, -0.05) is 6.92 Å². The van der Waals surface area contributed by atoms with Crippen molar-refractivity contribution in [1.29, 1.82) is 0 Å². The van der Waals surface area contributed by atoms with Crippen molar-refractivity contribution < 1.29 is 86.1 Å². The predicted molar refractivity (Wildman–Crippen MR) is 185 cm³/mol. The van der Waals surface area contributed by atoms with Gasteiger partial charge in [0.05, 0.1) is 23.1 Å². The number of carbonyl (C=O) groups is 8. The van der Waals surface area contributed by atoms with E-state index >= 15 is 0 Å². The maximum Gasteiger partial charge on any atom is 0.340 e. The number of carbonyl (C=O) groups excluding carboxylic acids is 8. The number of hydrogen-bond donors (Lipinski definition) is 1. The van der Waals surface area contributed by atoms with Crippen LogP contribution in [0.25, 0.3) is 0 Å². The number of hydrogen-bond acceptors (Lipinski definition) is 19. The van der Waals surface area contributed by atoms with E-state index in [1.807, 2.05) is 0 Å². The van der Waals surface area contributed by atoms with Crippen molar-refractivity contribution >= 4 is 47.8 Å². The Morgan fingerprint density at radius 1 is 0.807 bits per heavy atom. The second kappa shape index (κ2) is 15.6. The van der Waals surface area contributed by atoms with E-state index in [4.69, 9.17) is 42.6 Å². The lowest BCUT2D eigenvalue weighted by molar-refractivity contribution is -0.386. The molecule has 312 valence electrons. The van der Waals surface area contributed by atoms with Crippen LogP contribution in [0.15, 0.2) is 18.3 Å². The molecule has 1 N–H and O–H groups in total. The topological polar surface area (TPSA) is 253 Å². The van der Waals surface area contributed by atoms with Crippen molar-refractivity contribution in [2.75, 3.05) is 13.2 Å². The Balaban J connectivity index is 1.99. The van der Waals surface area contributed by atoms with Gasteiger partial charge in [-0.25, -0.2) is 4.79 Å². The summed E-state index contributed by atoms with van der Waals surface area (Å²) in [6, 6.07) is 2.95. The molecule has 19 heteroatoms. The fraction of sp³-hybridized carbons (Fsp3) is 0.658. The Kier molecular flexibility index (Phi) is 11.8. The monoisotopic (exact) mass is 805 g/mol. The number of ether oxygens (including phenoxy) is 9. The number of cyclic esters (lactones) is 1. The summed E-state index contributed by atoms with van der Waals surface area (Å²) in [6.45, 7) is 8.15. The van der Waals surface area contributed by atoms with Crippen LogP contribution in [0.4, 0.5) is 0 Å². The quantitative estimate of drug-likeness (QED) is 0.296. The molecule has 0 radical (unpaired) electrons. The SMILES string of the molecule is CC(=O)OC[C@@]12[C@H](OC(C)=O)[C@@H](OC(C)=O)[C@H]3OC(=O)[C@@H](C)CCc4ncccc4C(=O)OC[C@@]4(C)O[C@]1([C@H](OC(C)=O)[C@H]4[C@@H](OC(C)=O)[C@@H]2OC(C)=O)[C@@]3(C)O. The highest BCUT2D eigenvalue weighted by Crippen LogP contribution is 2.70. The third-order valence-corrected chi connectivity index (χ3v) is 11.1. The number of pyridine rings is 1. The summed E-state index contributed by atoms with van der Waals surface area (Å²) >= 11 is 0. The molecule has 1 aromatic heterocycles. The Labute approximate surface area is 327 Å². The van der Waals surface area contributed by atoms with Gasteiger partial charge in [0.1, 0.15) is 42.0 Å². The highest BCUT2D eigenvalue weighted by atomic mass is 16.7. The molecule has 0 aromatic carbocycles. The van der Waals surface area contributed by atoms with E-state index in [1.54, 1.807) is 0 Å². The zero-order valence-corrected chi connectivity index (χ0v) is 33.0. The number of aliphatic hydroxyl groups is 1. The van der Waals surface area contributed by atoms with Gasteiger partial charge in [0, 0.05) is 47.7 Å². The molecule has 5 rings (SSSR count). The molecular weight excluding hydrogens is 758 g/mol.